The van der Waals surface area contributed by atoms with E-state index in [0.717, 1.165) is 0 Å². The van der Waals surface area contributed by atoms with E-state index < -0.39 is 18.0 Å². The molecule has 2 unspecified atom stereocenters. The molecule has 0 aromatic rings. The Balaban J connectivity index is 1.87. The predicted molar refractivity (Wildman–Crippen MR) is 87.3 cm³/mol. The van der Waals surface area contributed by atoms with Crippen molar-refractivity contribution in [3.63, 3.8) is 0 Å². The number of amides is 2. The Labute approximate surface area is 144 Å². The van der Waals surface area contributed by atoms with Crippen molar-refractivity contribution in [1.82, 2.24) is 15.5 Å². The summed E-state index contributed by atoms with van der Waals surface area (Å²) < 4.78 is 0. The van der Waals surface area contributed by atoms with Crippen LogP contribution in [-0.4, -0.2) is 63.6 Å². The Morgan fingerprint density at radius 2 is 2.12 bits per heavy atom. The topological polar surface area (TPSA) is 131 Å². The molecular weight excluding hydrogens is 328 g/mol. The van der Waals surface area contributed by atoms with Crippen LogP contribution in [-0.2, 0) is 14.4 Å². The summed E-state index contributed by atoms with van der Waals surface area (Å²) in [6.45, 7) is 5.14. The van der Waals surface area contributed by atoms with E-state index >= 15 is 0 Å². The van der Waals surface area contributed by atoms with Crippen LogP contribution in [0.15, 0.2) is 16.3 Å². The molecule has 136 valence electrons. The molecule has 9 heteroatoms. The highest BCUT2D eigenvalue weighted by atomic mass is 16.4. The van der Waals surface area contributed by atoms with Gasteiger partial charge in [-0.1, -0.05) is 0 Å². The summed E-state index contributed by atoms with van der Waals surface area (Å²) in [7, 11) is 0. The Bertz CT molecular complexity index is 699. The molecule has 5 atom stereocenters. The quantitative estimate of drug-likeness (QED) is 0.485. The first-order valence-electron chi connectivity index (χ1n) is 8.28. The maximum atomic E-state index is 12.3. The Kier molecular flexibility index (Phi) is 4.28. The van der Waals surface area contributed by atoms with Crippen LogP contribution in [0.1, 0.15) is 27.2 Å². The molecule has 3 rings (SSSR count). The van der Waals surface area contributed by atoms with Crippen LogP contribution in [0.4, 0.5) is 0 Å². The fourth-order valence-electron chi connectivity index (χ4n) is 4.00. The second-order valence-corrected chi connectivity index (χ2v) is 6.84. The van der Waals surface area contributed by atoms with Crippen molar-refractivity contribution < 1.29 is 24.6 Å². The van der Waals surface area contributed by atoms with E-state index in [9.17, 15) is 24.6 Å². The number of nitrogens with one attached hydrogen (secondary N) is 2. The lowest BCUT2D eigenvalue weighted by Crippen LogP contribution is -2.61. The third-order valence-corrected chi connectivity index (χ3v) is 5.12. The number of carbonyl (C=O) groups is 3. The van der Waals surface area contributed by atoms with E-state index in [1.54, 1.807) is 6.92 Å². The Hall–Kier alpha value is -2.42. The van der Waals surface area contributed by atoms with Gasteiger partial charge in [0.05, 0.1) is 24.6 Å². The summed E-state index contributed by atoms with van der Waals surface area (Å²) in [6, 6.07) is -0.455. The van der Waals surface area contributed by atoms with E-state index in [0.29, 0.717) is 24.5 Å². The molecule has 25 heavy (non-hydrogen) atoms. The van der Waals surface area contributed by atoms with Crippen molar-refractivity contribution in [3.05, 3.63) is 11.3 Å². The number of rotatable bonds is 3. The number of fused-ring (bicyclic) bond motifs is 1. The number of carboxylic acids is 1. The highest BCUT2D eigenvalue weighted by Crippen LogP contribution is 2.46. The van der Waals surface area contributed by atoms with Gasteiger partial charge in [0.1, 0.15) is 5.70 Å². The van der Waals surface area contributed by atoms with E-state index in [2.05, 4.69) is 15.6 Å². The first kappa shape index (κ1) is 17.4. The zero-order chi connectivity index (χ0) is 18.5. The molecule has 0 saturated carbocycles. The van der Waals surface area contributed by atoms with Crippen LogP contribution >= 0.6 is 0 Å². The van der Waals surface area contributed by atoms with Gasteiger partial charge in [-0.2, -0.15) is 0 Å². The molecule has 0 aromatic heterocycles. The van der Waals surface area contributed by atoms with Gasteiger partial charge in [-0.25, -0.2) is 4.79 Å². The van der Waals surface area contributed by atoms with E-state index in [-0.39, 0.29) is 35.5 Å². The van der Waals surface area contributed by atoms with Crippen LogP contribution < -0.4 is 10.6 Å². The summed E-state index contributed by atoms with van der Waals surface area (Å²) in [5.74, 6) is -2.11. The number of aliphatic hydroxyl groups excluding tert-OH is 1. The minimum Gasteiger partial charge on any atom is -0.477 e. The zero-order valence-electron chi connectivity index (χ0n) is 14.3. The standard InChI is InChI=1S/C16H22N4O5/c1-6-10(5-17-16(18-6)19-8(3)22)9-4-11-12(7(2)21)14(23)20(11)13(9)15(24)25/h6-7,10-12,21H,4-5H2,1-3H3,(H,24,25)(H2,17,18,19,22)/t6?,7-,10?,11-,12-/m1/s1. The summed E-state index contributed by atoms with van der Waals surface area (Å²) >= 11 is 0. The van der Waals surface area contributed by atoms with Gasteiger partial charge in [0.15, 0.2) is 5.96 Å². The summed E-state index contributed by atoms with van der Waals surface area (Å²) in [5.41, 5.74) is 0.684. The van der Waals surface area contributed by atoms with Crippen LogP contribution in [0, 0.1) is 11.8 Å². The minimum absolute atomic E-state index is 0.0173. The monoisotopic (exact) mass is 350 g/mol. The van der Waals surface area contributed by atoms with Gasteiger partial charge in [-0.3, -0.25) is 19.9 Å². The molecule has 3 aliphatic heterocycles. The Morgan fingerprint density at radius 1 is 1.44 bits per heavy atom. The van der Waals surface area contributed by atoms with Crippen LogP contribution in [0.2, 0.25) is 0 Å². The number of hydrogen-bond donors (Lipinski definition) is 4. The van der Waals surface area contributed by atoms with Gasteiger partial charge in [0.25, 0.3) is 0 Å². The first-order chi connectivity index (χ1) is 11.7. The lowest BCUT2D eigenvalue weighted by molar-refractivity contribution is -0.161. The molecule has 2 amide bonds. The molecule has 0 aliphatic carbocycles. The number of hydrogen-bond acceptors (Lipinski definition) is 6. The normalized spacial score (nSPS) is 32.4. The van der Waals surface area contributed by atoms with Gasteiger partial charge >= 0.3 is 5.97 Å². The number of guanidine groups is 1. The van der Waals surface area contributed by atoms with Crippen LogP contribution in [0.5, 0.6) is 0 Å². The van der Waals surface area contributed by atoms with E-state index in [1.807, 2.05) is 6.92 Å². The predicted octanol–water partition coefficient (Wildman–Crippen LogP) is -0.963. The molecule has 1 fully saturated rings. The van der Waals surface area contributed by atoms with Gasteiger partial charge in [0, 0.05) is 18.9 Å². The second-order valence-electron chi connectivity index (χ2n) is 6.84. The van der Waals surface area contributed by atoms with E-state index in [1.165, 1.54) is 11.8 Å². The van der Waals surface area contributed by atoms with Crippen molar-refractivity contribution in [3.8, 4) is 0 Å². The average Bonchev–Trinajstić information content (AvgIpc) is 2.81. The van der Waals surface area contributed by atoms with Gasteiger partial charge in [-0.05, 0) is 25.8 Å². The fraction of sp³-hybridized carbons (Fsp3) is 0.625. The maximum absolute atomic E-state index is 12.3. The molecule has 1 saturated heterocycles. The number of β-lactam (4-membered cyclic amide) rings is 1. The lowest BCUT2D eigenvalue weighted by Gasteiger charge is -2.44. The highest BCUT2D eigenvalue weighted by molar-refractivity contribution is 6.00. The maximum Gasteiger partial charge on any atom is 0.352 e. The molecule has 0 bridgehead atoms. The summed E-state index contributed by atoms with van der Waals surface area (Å²) in [5, 5.41) is 25.1. The third kappa shape index (κ3) is 2.78. The lowest BCUT2D eigenvalue weighted by atomic mass is 9.81. The van der Waals surface area contributed by atoms with Crippen molar-refractivity contribution in [1.29, 1.82) is 0 Å². The first-order valence-corrected chi connectivity index (χ1v) is 8.28. The number of nitrogens with zero attached hydrogens (tertiary/aromatic N) is 2. The summed E-state index contributed by atoms with van der Waals surface area (Å²) in [6.07, 6.45) is -0.389. The number of aliphatic carboxylic acids is 1. The van der Waals surface area contributed by atoms with Crippen LogP contribution in [0.25, 0.3) is 0 Å². The molecule has 9 nitrogen and oxygen atoms in total. The number of aliphatic hydroxyl groups is 1. The van der Waals surface area contributed by atoms with Gasteiger partial charge < -0.3 is 20.4 Å². The molecule has 0 aromatic carbocycles. The third-order valence-electron chi connectivity index (χ3n) is 5.12. The SMILES string of the molecule is CC(=O)NC1=NCC(C2=C(C(=O)O)N3C(=O)[C@H]([C@@H](C)O)[C@H]3C2)C(C)N1. The van der Waals surface area contributed by atoms with Crippen LogP contribution in [0.3, 0.4) is 0 Å². The number of carboxylic acid groups (broad SMARTS) is 1. The van der Waals surface area contributed by atoms with Crippen molar-refractivity contribution in [2.45, 2.75) is 45.4 Å². The smallest absolute Gasteiger partial charge is 0.352 e. The van der Waals surface area contributed by atoms with Crippen molar-refractivity contribution in [2.75, 3.05) is 6.54 Å². The zero-order valence-corrected chi connectivity index (χ0v) is 14.3. The summed E-state index contributed by atoms with van der Waals surface area (Å²) in [4.78, 5) is 40.7. The molecule has 0 radical (unpaired) electrons. The molecular formula is C16H22N4O5. The van der Waals surface area contributed by atoms with Crippen molar-refractivity contribution in [2.24, 2.45) is 16.8 Å². The van der Waals surface area contributed by atoms with Gasteiger partial charge in [-0.15, -0.1) is 0 Å². The largest absolute Gasteiger partial charge is 0.477 e. The number of carbonyl (C=O) groups excluding carboxylic acids is 2. The molecule has 4 N–H and O–H groups in total. The molecule has 3 heterocycles. The minimum atomic E-state index is -1.14. The second kappa shape index (κ2) is 6.14. The van der Waals surface area contributed by atoms with E-state index in [4.69, 9.17) is 0 Å². The average molecular weight is 350 g/mol. The number of aliphatic imine (C=N–C) groups is 1. The van der Waals surface area contributed by atoms with Gasteiger partial charge in [0.2, 0.25) is 11.8 Å². The van der Waals surface area contributed by atoms with Crippen molar-refractivity contribution >= 4 is 23.7 Å². The highest BCUT2D eigenvalue weighted by Gasteiger charge is 2.57. The fourth-order valence-corrected chi connectivity index (χ4v) is 4.00. The molecule has 0 spiro atoms. The molecule has 3 aliphatic rings. The Morgan fingerprint density at radius 3 is 2.64 bits per heavy atom.